The minimum atomic E-state index is -1.21. The van der Waals surface area contributed by atoms with E-state index in [9.17, 15) is 9.18 Å². The van der Waals surface area contributed by atoms with Gasteiger partial charge in [-0.25, -0.2) is 14.2 Å². The normalized spacial score (nSPS) is 15.8. The number of amides is 1. The zero-order valence-electron chi connectivity index (χ0n) is 25.1. The number of carbonyl (C=O) groups excluding carboxylic acids is 1. The van der Waals surface area contributed by atoms with Crippen LogP contribution in [0, 0.1) is 11.2 Å². The number of benzene rings is 1. The Morgan fingerprint density at radius 1 is 1.15 bits per heavy atom. The van der Waals surface area contributed by atoms with Gasteiger partial charge in [0.25, 0.3) is 0 Å². The second-order valence-corrected chi connectivity index (χ2v) is 19.1. The number of fused-ring (bicyclic) bond motifs is 1. The van der Waals surface area contributed by atoms with E-state index in [1.165, 1.54) is 12.1 Å². The van der Waals surface area contributed by atoms with Crippen molar-refractivity contribution >= 4 is 25.2 Å². The van der Waals surface area contributed by atoms with Crippen molar-refractivity contribution in [3.05, 3.63) is 48.5 Å². The maximum absolute atomic E-state index is 14.2. The molecule has 0 spiro atoms. The van der Waals surface area contributed by atoms with E-state index in [1.54, 1.807) is 17.2 Å². The van der Waals surface area contributed by atoms with Crippen molar-refractivity contribution in [2.45, 2.75) is 78.6 Å². The fourth-order valence-electron chi connectivity index (χ4n) is 4.77. The first-order valence-corrected chi connectivity index (χ1v) is 17.9. The standard InChI is InChI=1S/C31H44FN3O4Si/c1-30(2,3)39-29(36)34-15-12-31(4,13-16-34)21-38-26-11-14-33-28-27(26)25(23-9-8-10-24(32)19-23)20-35(28)22-37-17-18-40(5,6)7/h8-11,14,19-20H,12-13,15-18,21-22H2,1-7H3. The third-order valence-electron chi connectivity index (χ3n) is 7.28. The molecule has 1 aromatic carbocycles. The molecule has 1 aliphatic rings. The number of pyridine rings is 1. The van der Waals surface area contributed by atoms with E-state index in [0.29, 0.717) is 38.8 Å². The molecule has 40 heavy (non-hydrogen) atoms. The van der Waals surface area contributed by atoms with Gasteiger partial charge in [-0.3, -0.25) is 0 Å². The van der Waals surface area contributed by atoms with Crippen LogP contribution in [0.15, 0.2) is 42.7 Å². The Hall–Kier alpha value is -2.91. The number of likely N-dealkylation sites (tertiary alicyclic amines) is 1. The molecule has 0 radical (unpaired) electrons. The van der Waals surface area contributed by atoms with Crippen molar-refractivity contribution in [2.24, 2.45) is 5.41 Å². The van der Waals surface area contributed by atoms with Crippen LogP contribution in [0.3, 0.4) is 0 Å². The van der Waals surface area contributed by atoms with E-state index >= 15 is 0 Å². The number of halogens is 1. The van der Waals surface area contributed by atoms with Gasteiger partial charge in [0.15, 0.2) is 0 Å². The molecule has 1 aliphatic heterocycles. The topological polar surface area (TPSA) is 65.8 Å². The molecular formula is C31H44FN3O4Si. The minimum Gasteiger partial charge on any atom is -0.492 e. The third-order valence-corrected chi connectivity index (χ3v) is 8.98. The van der Waals surface area contributed by atoms with Crippen LogP contribution in [0.25, 0.3) is 22.2 Å². The van der Waals surface area contributed by atoms with Gasteiger partial charge in [0.1, 0.15) is 29.5 Å². The molecule has 1 fully saturated rings. The molecule has 0 saturated carbocycles. The quantitative estimate of drug-likeness (QED) is 0.196. The van der Waals surface area contributed by atoms with E-state index in [1.807, 2.05) is 43.7 Å². The molecule has 0 aliphatic carbocycles. The van der Waals surface area contributed by atoms with Crippen LogP contribution >= 0.6 is 0 Å². The lowest BCUT2D eigenvalue weighted by Crippen LogP contribution is -2.46. The van der Waals surface area contributed by atoms with Crippen molar-refractivity contribution in [3.8, 4) is 16.9 Å². The summed E-state index contributed by atoms with van der Waals surface area (Å²) >= 11 is 0. The first-order chi connectivity index (χ1) is 18.7. The zero-order chi connectivity index (χ0) is 29.1. The lowest BCUT2D eigenvalue weighted by molar-refractivity contribution is 0.00603. The maximum Gasteiger partial charge on any atom is 0.410 e. The first-order valence-electron chi connectivity index (χ1n) is 14.2. The Labute approximate surface area is 238 Å². The van der Waals surface area contributed by atoms with Crippen LogP contribution in [0.1, 0.15) is 40.5 Å². The van der Waals surface area contributed by atoms with Crippen molar-refractivity contribution in [1.82, 2.24) is 14.5 Å². The predicted octanol–water partition coefficient (Wildman–Crippen LogP) is 7.57. The predicted molar refractivity (Wildman–Crippen MR) is 160 cm³/mol. The molecule has 0 bridgehead atoms. The largest absolute Gasteiger partial charge is 0.492 e. The van der Waals surface area contributed by atoms with E-state index in [4.69, 9.17) is 14.2 Å². The maximum atomic E-state index is 14.2. The van der Waals surface area contributed by atoms with Crippen molar-refractivity contribution in [1.29, 1.82) is 0 Å². The van der Waals surface area contributed by atoms with Gasteiger partial charge < -0.3 is 23.7 Å². The van der Waals surface area contributed by atoms with Crippen LogP contribution in [0.2, 0.25) is 25.7 Å². The Morgan fingerprint density at radius 2 is 1.88 bits per heavy atom. The van der Waals surface area contributed by atoms with Gasteiger partial charge in [0.2, 0.25) is 0 Å². The van der Waals surface area contributed by atoms with Gasteiger partial charge in [-0.15, -0.1) is 0 Å². The second-order valence-electron chi connectivity index (χ2n) is 13.4. The van der Waals surface area contributed by atoms with Gasteiger partial charge >= 0.3 is 6.09 Å². The van der Waals surface area contributed by atoms with Gasteiger partial charge in [0.05, 0.1) is 12.0 Å². The van der Waals surface area contributed by atoms with Crippen LogP contribution in [0.4, 0.5) is 9.18 Å². The Kier molecular flexibility index (Phi) is 8.95. The van der Waals surface area contributed by atoms with Crippen LogP contribution in [0.5, 0.6) is 5.75 Å². The van der Waals surface area contributed by atoms with Crippen molar-refractivity contribution < 1.29 is 23.4 Å². The fourth-order valence-corrected chi connectivity index (χ4v) is 5.53. The van der Waals surface area contributed by atoms with E-state index in [-0.39, 0.29) is 17.3 Å². The SMILES string of the molecule is CC1(COc2ccnc3c2c(-c2cccc(F)c2)cn3COCC[Si](C)(C)C)CCN(C(=O)OC(C)(C)C)CC1. The number of ether oxygens (including phenoxy) is 3. The number of aromatic nitrogens is 2. The van der Waals surface area contributed by atoms with Crippen LogP contribution in [-0.4, -0.2) is 60.5 Å². The summed E-state index contributed by atoms with van der Waals surface area (Å²) in [5.41, 5.74) is 1.75. The van der Waals surface area contributed by atoms with Gasteiger partial charge in [-0.05, 0) is 63.4 Å². The molecule has 0 N–H and O–H groups in total. The van der Waals surface area contributed by atoms with E-state index < -0.39 is 13.7 Å². The highest BCUT2D eigenvalue weighted by molar-refractivity contribution is 6.76. The number of carbonyl (C=O) groups is 1. The second kappa shape index (κ2) is 11.9. The molecule has 0 atom stereocenters. The summed E-state index contributed by atoms with van der Waals surface area (Å²) in [6.07, 6.45) is 5.08. The van der Waals surface area contributed by atoms with Gasteiger partial charge in [0, 0.05) is 51.1 Å². The smallest absolute Gasteiger partial charge is 0.410 e. The Bertz CT molecular complexity index is 1320. The Morgan fingerprint density at radius 3 is 2.52 bits per heavy atom. The van der Waals surface area contributed by atoms with Crippen molar-refractivity contribution in [2.75, 3.05) is 26.3 Å². The molecule has 4 rings (SSSR count). The lowest BCUT2D eigenvalue weighted by atomic mass is 9.81. The number of nitrogens with zero attached hydrogens (tertiary/aromatic N) is 3. The highest BCUT2D eigenvalue weighted by atomic mass is 28.3. The number of hydrogen-bond acceptors (Lipinski definition) is 5. The van der Waals surface area contributed by atoms with E-state index in [0.717, 1.165) is 41.0 Å². The molecule has 1 amide bonds. The summed E-state index contributed by atoms with van der Waals surface area (Å²) in [5.74, 6) is 0.418. The fraction of sp³-hybridized carbons (Fsp3) is 0.548. The molecule has 7 nitrogen and oxygen atoms in total. The highest BCUT2D eigenvalue weighted by Crippen LogP contribution is 2.38. The highest BCUT2D eigenvalue weighted by Gasteiger charge is 2.34. The summed E-state index contributed by atoms with van der Waals surface area (Å²) in [4.78, 5) is 19.0. The monoisotopic (exact) mass is 569 g/mol. The van der Waals surface area contributed by atoms with Gasteiger partial charge in [-0.1, -0.05) is 38.7 Å². The molecular weight excluding hydrogens is 525 g/mol. The third kappa shape index (κ3) is 7.85. The van der Waals surface area contributed by atoms with Crippen LogP contribution < -0.4 is 4.74 Å². The van der Waals surface area contributed by atoms with Crippen LogP contribution in [-0.2, 0) is 16.2 Å². The average Bonchev–Trinajstić information content (AvgIpc) is 3.23. The lowest BCUT2D eigenvalue weighted by Gasteiger charge is -2.39. The average molecular weight is 570 g/mol. The summed E-state index contributed by atoms with van der Waals surface area (Å²) in [7, 11) is -1.21. The number of rotatable bonds is 9. The summed E-state index contributed by atoms with van der Waals surface area (Å²) in [5, 5.41) is 0.844. The molecule has 3 heterocycles. The van der Waals surface area contributed by atoms with Crippen molar-refractivity contribution in [3.63, 3.8) is 0 Å². The minimum absolute atomic E-state index is 0.102. The molecule has 1 saturated heterocycles. The number of piperidine rings is 1. The molecule has 2 aromatic heterocycles. The number of hydrogen-bond donors (Lipinski definition) is 0. The molecule has 0 unspecified atom stereocenters. The summed E-state index contributed by atoms with van der Waals surface area (Å²) < 4.78 is 34.3. The summed E-state index contributed by atoms with van der Waals surface area (Å²) in [6, 6.07) is 9.56. The molecule has 218 valence electrons. The molecule has 9 heteroatoms. The van der Waals surface area contributed by atoms with Gasteiger partial charge in [-0.2, -0.15) is 0 Å². The zero-order valence-corrected chi connectivity index (χ0v) is 26.1. The Balaban J connectivity index is 1.53. The van der Waals surface area contributed by atoms with E-state index in [2.05, 4.69) is 31.5 Å². The molecule has 3 aromatic rings. The first kappa shape index (κ1) is 30.1. The summed E-state index contributed by atoms with van der Waals surface area (Å²) in [6.45, 7) is 17.6.